The number of carbonyl (C=O) groups excluding carboxylic acids is 1. The first-order chi connectivity index (χ1) is 10.2. The van der Waals surface area contributed by atoms with Crippen molar-refractivity contribution in [1.82, 2.24) is 5.32 Å². The minimum atomic E-state index is -0.139. The molecule has 3 N–H and O–H groups in total. The van der Waals surface area contributed by atoms with Gasteiger partial charge in [-0.15, -0.1) is 0 Å². The maximum Gasteiger partial charge on any atom is 0.251 e. The topological polar surface area (TPSA) is 64.3 Å². The number of nitrogen functional groups attached to an aromatic ring is 1. The molecule has 4 heteroatoms. The predicted molar refractivity (Wildman–Crippen MR) is 84.3 cm³/mol. The average Bonchev–Trinajstić information content (AvgIpc) is 2.53. The van der Waals surface area contributed by atoms with Crippen LogP contribution in [0.25, 0.3) is 0 Å². The summed E-state index contributed by atoms with van der Waals surface area (Å²) in [4.78, 5) is 12.1. The molecule has 0 saturated heterocycles. The SMILES string of the molecule is CCCOc1cc(C(=O)NCc2ccccc2)ccc1N. The van der Waals surface area contributed by atoms with Crippen molar-refractivity contribution in [1.29, 1.82) is 0 Å². The van der Waals surface area contributed by atoms with Crippen LogP contribution in [0.3, 0.4) is 0 Å². The van der Waals surface area contributed by atoms with Gasteiger partial charge in [0.05, 0.1) is 12.3 Å². The van der Waals surface area contributed by atoms with Crippen LogP contribution in [0.5, 0.6) is 5.75 Å². The lowest BCUT2D eigenvalue weighted by Crippen LogP contribution is -2.22. The standard InChI is InChI=1S/C17H20N2O2/c1-2-10-21-16-11-14(8-9-15(16)18)17(20)19-12-13-6-4-3-5-7-13/h3-9,11H,2,10,12,18H2,1H3,(H,19,20). The molecule has 1 amide bonds. The predicted octanol–water partition coefficient (Wildman–Crippen LogP) is 2.99. The monoisotopic (exact) mass is 284 g/mol. The Morgan fingerprint density at radius 1 is 1.19 bits per heavy atom. The molecule has 0 fully saturated rings. The van der Waals surface area contributed by atoms with E-state index in [0.29, 0.717) is 30.2 Å². The van der Waals surface area contributed by atoms with Crippen LogP contribution in [-0.4, -0.2) is 12.5 Å². The van der Waals surface area contributed by atoms with Gasteiger partial charge in [-0.25, -0.2) is 0 Å². The highest BCUT2D eigenvalue weighted by atomic mass is 16.5. The van der Waals surface area contributed by atoms with E-state index in [9.17, 15) is 4.79 Å². The van der Waals surface area contributed by atoms with Crippen molar-refractivity contribution >= 4 is 11.6 Å². The Bertz CT molecular complexity index is 597. The summed E-state index contributed by atoms with van der Waals surface area (Å²) in [6, 6.07) is 14.9. The van der Waals surface area contributed by atoms with Crippen LogP contribution in [0.1, 0.15) is 29.3 Å². The molecule has 0 aliphatic heterocycles. The van der Waals surface area contributed by atoms with Gasteiger partial charge in [-0.05, 0) is 30.2 Å². The highest BCUT2D eigenvalue weighted by Gasteiger charge is 2.09. The van der Waals surface area contributed by atoms with Crippen LogP contribution < -0.4 is 15.8 Å². The zero-order chi connectivity index (χ0) is 15.1. The summed E-state index contributed by atoms with van der Waals surface area (Å²) in [6.45, 7) is 3.10. The second-order valence-electron chi connectivity index (χ2n) is 4.77. The van der Waals surface area contributed by atoms with Gasteiger partial charge >= 0.3 is 0 Å². The average molecular weight is 284 g/mol. The number of carbonyl (C=O) groups is 1. The van der Waals surface area contributed by atoms with Gasteiger partial charge in [0.25, 0.3) is 5.91 Å². The third kappa shape index (κ3) is 4.24. The van der Waals surface area contributed by atoms with E-state index < -0.39 is 0 Å². The normalized spacial score (nSPS) is 10.1. The summed E-state index contributed by atoms with van der Waals surface area (Å²) in [5, 5.41) is 2.88. The molecule has 0 bridgehead atoms. The number of anilines is 1. The Balaban J connectivity index is 2.01. The molecule has 0 spiro atoms. The van der Waals surface area contributed by atoms with Gasteiger partial charge in [0.1, 0.15) is 5.75 Å². The minimum Gasteiger partial charge on any atom is -0.491 e. The van der Waals surface area contributed by atoms with Crippen LogP contribution in [0, 0.1) is 0 Å². The maximum atomic E-state index is 12.1. The molecule has 2 aromatic rings. The fourth-order valence-corrected chi connectivity index (χ4v) is 1.89. The smallest absolute Gasteiger partial charge is 0.251 e. The molecule has 2 rings (SSSR count). The van der Waals surface area contributed by atoms with Gasteiger partial charge in [-0.3, -0.25) is 4.79 Å². The van der Waals surface area contributed by atoms with Crippen molar-refractivity contribution in [2.24, 2.45) is 0 Å². The van der Waals surface area contributed by atoms with E-state index in [1.54, 1.807) is 18.2 Å². The molecule has 0 aliphatic carbocycles. The lowest BCUT2D eigenvalue weighted by atomic mass is 10.1. The Kier molecular flexibility index (Phi) is 5.21. The molecule has 0 aromatic heterocycles. The number of nitrogens with one attached hydrogen (secondary N) is 1. The van der Waals surface area contributed by atoms with Crippen molar-refractivity contribution in [2.45, 2.75) is 19.9 Å². The largest absolute Gasteiger partial charge is 0.491 e. The third-order valence-corrected chi connectivity index (χ3v) is 3.03. The van der Waals surface area contributed by atoms with Crippen molar-refractivity contribution in [2.75, 3.05) is 12.3 Å². The highest BCUT2D eigenvalue weighted by molar-refractivity contribution is 5.95. The Morgan fingerprint density at radius 3 is 2.67 bits per heavy atom. The molecule has 0 saturated carbocycles. The Hall–Kier alpha value is -2.49. The summed E-state index contributed by atoms with van der Waals surface area (Å²) < 4.78 is 5.53. The molecule has 0 atom stereocenters. The lowest BCUT2D eigenvalue weighted by molar-refractivity contribution is 0.0950. The van der Waals surface area contributed by atoms with Gasteiger partial charge in [-0.2, -0.15) is 0 Å². The first kappa shape index (κ1) is 14.9. The molecule has 0 heterocycles. The molecular weight excluding hydrogens is 264 g/mol. The minimum absolute atomic E-state index is 0.139. The first-order valence-corrected chi connectivity index (χ1v) is 7.05. The van der Waals surface area contributed by atoms with Crippen LogP contribution in [0.4, 0.5) is 5.69 Å². The van der Waals surface area contributed by atoms with Crippen molar-refractivity contribution in [3.05, 3.63) is 59.7 Å². The van der Waals surface area contributed by atoms with Gasteiger partial charge < -0.3 is 15.8 Å². The van der Waals surface area contributed by atoms with Crippen molar-refractivity contribution in [3.8, 4) is 5.75 Å². The second-order valence-corrected chi connectivity index (χ2v) is 4.77. The molecule has 4 nitrogen and oxygen atoms in total. The first-order valence-electron chi connectivity index (χ1n) is 7.05. The molecule has 110 valence electrons. The quantitative estimate of drug-likeness (QED) is 0.801. The zero-order valence-corrected chi connectivity index (χ0v) is 12.1. The number of benzene rings is 2. The van der Waals surface area contributed by atoms with E-state index in [1.165, 1.54) is 0 Å². The summed E-state index contributed by atoms with van der Waals surface area (Å²) in [5.74, 6) is 0.421. The summed E-state index contributed by atoms with van der Waals surface area (Å²) >= 11 is 0. The van der Waals surface area contributed by atoms with E-state index in [2.05, 4.69) is 5.32 Å². The molecule has 0 unspecified atom stereocenters. The van der Waals surface area contributed by atoms with E-state index in [0.717, 1.165) is 12.0 Å². The molecule has 0 aliphatic rings. The fourth-order valence-electron chi connectivity index (χ4n) is 1.89. The van der Waals surface area contributed by atoms with Gasteiger partial charge in [0.2, 0.25) is 0 Å². The van der Waals surface area contributed by atoms with Crippen molar-refractivity contribution < 1.29 is 9.53 Å². The second kappa shape index (κ2) is 7.33. The number of nitrogens with two attached hydrogens (primary N) is 1. The van der Waals surface area contributed by atoms with E-state index in [-0.39, 0.29) is 5.91 Å². The summed E-state index contributed by atoms with van der Waals surface area (Å²) in [6.07, 6.45) is 0.893. The third-order valence-electron chi connectivity index (χ3n) is 3.03. The highest BCUT2D eigenvalue weighted by Crippen LogP contribution is 2.23. The van der Waals surface area contributed by atoms with Gasteiger partial charge in [0.15, 0.2) is 0 Å². The fraction of sp³-hybridized carbons (Fsp3) is 0.235. The molecule has 2 aromatic carbocycles. The Morgan fingerprint density at radius 2 is 1.95 bits per heavy atom. The van der Waals surface area contributed by atoms with Crippen LogP contribution >= 0.6 is 0 Å². The zero-order valence-electron chi connectivity index (χ0n) is 12.1. The van der Waals surface area contributed by atoms with Gasteiger partial charge in [-0.1, -0.05) is 37.3 Å². The van der Waals surface area contributed by atoms with E-state index in [4.69, 9.17) is 10.5 Å². The number of rotatable bonds is 6. The number of hydrogen-bond donors (Lipinski definition) is 2. The van der Waals surface area contributed by atoms with Gasteiger partial charge in [0, 0.05) is 12.1 Å². The van der Waals surface area contributed by atoms with Crippen LogP contribution in [0.2, 0.25) is 0 Å². The number of ether oxygens (including phenoxy) is 1. The van der Waals surface area contributed by atoms with E-state index >= 15 is 0 Å². The molecule has 21 heavy (non-hydrogen) atoms. The van der Waals surface area contributed by atoms with Crippen LogP contribution in [-0.2, 0) is 6.54 Å². The molecule has 0 radical (unpaired) electrons. The number of hydrogen-bond acceptors (Lipinski definition) is 3. The lowest BCUT2D eigenvalue weighted by Gasteiger charge is -2.10. The number of amides is 1. The Labute approximate surface area is 124 Å². The van der Waals surface area contributed by atoms with E-state index in [1.807, 2.05) is 37.3 Å². The summed E-state index contributed by atoms with van der Waals surface area (Å²) in [5.41, 5.74) is 7.99. The summed E-state index contributed by atoms with van der Waals surface area (Å²) in [7, 11) is 0. The maximum absolute atomic E-state index is 12.1. The van der Waals surface area contributed by atoms with Crippen molar-refractivity contribution in [3.63, 3.8) is 0 Å². The molecular formula is C17H20N2O2. The van der Waals surface area contributed by atoms with Crippen LogP contribution in [0.15, 0.2) is 48.5 Å².